The molecule has 2 aromatic carbocycles. The molecule has 0 aromatic heterocycles. The lowest BCUT2D eigenvalue weighted by Gasteiger charge is -2.13. The summed E-state index contributed by atoms with van der Waals surface area (Å²) in [4.78, 5) is 11.9. The average Bonchev–Trinajstić information content (AvgIpc) is 2.52. The molecule has 8 heteroatoms. The first-order valence-corrected chi connectivity index (χ1v) is 6.82. The minimum absolute atomic E-state index is 0.107. The van der Waals surface area contributed by atoms with Crippen molar-refractivity contribution in [2.75, 3.05) is 6.54 Å². The number of benzene rings is 2. The topological polar surface area (TPSA) is 58.6 Å². The predicted octanol–water partition coefficient (Wildman–Crippen LogP) is 3.19. The first kappa shape index (κ1) is 17.7. The summed E-state index contributed by atoms with van der Waals surface area (Å²) in [5.41, 5.74) is 0.529. The van der Waals surface area contributed by atoms with Crippen molar-refractivity contribution in [1.29, 1.82) is 0 Å². The molecule has 2 rings (SSSR count). The number of rotatable bonds is 5. The second-order valence-corrected chi connectivity index (χ2v) is 4.85. The highest BCUT2D eigenvalue weighted by Gasteiger charge is 2.31. The molecule has 1 amide bonds. The van der Waals surface area contributed by atoms with Gasteiger partial charge in [0.15, 0.2) is 0 Å². The summed E-state index contributed by atoms with van der Waals surface area (Å²) in [6, 6.07) is 9.49. The number of hydrogen-bond acceptors (Lipinski definition) is 3. The standard InChI is InChI=1S/C16H13F4NO3/c17-12-5-1-10(2-6-12)14(22)9-21-15(23)11-3-7-13(8-4-11)24-16(18,19)20/h1-8,14,22H,9H2,(H,21,23). The van der Waals surface area contributed by atoms with Crippen LogP contribution < -0.4 is 10.1 Å². The van der Waals surface area contributed by atoms with E-state index in [2.05, 4.69) is 10.1 Å². The van der Waals surface area contributed by atoms with Crippen molar-refractivity contribution in [2.45, 2.75) is 12.5 Å². The highest BCUT2D eigenvalue weighted by atomic mass is 19.4. The van der Waals surface area contributed by atoms with Crippen LogP contribution in [0.25, 0.3) is 0 Å². The zero-order valence-electron chi connectivity index (χ0n) is 12.2. The van der Waals surface area contributed by atoms with Crippen LogP contribution in [0.15, 0.2) is 48.5 Å². The third-order valence-electron chi connectivity index (χ3n) is 3.06. The van der Waals surface area contributed by atoms with Crippen LogP contribution in [0.1, 0.15) is 22.0 Å². The number of amides is 1. The molecule has 0 saturated carbocycles. The molecule has 0 spiro atoms. The summed E-state index contributed by atoms with van der Waals surface area (Å²) in [6.45, 7) is -0.134. The van der Waals surface area contributed by atoms with Crippen LogP contribution in [0.2, 0.25) is 0 Å². The Bertz CT molecular complexity index is 684. The van der Waals surface area contributed by atoms with Gasteiger partial charge in [0.2, 0.25) is 0 Å². The molecule has 24 heavy (non-hydrogen) atoms. The van der Waals surface area contributed by atoms with Crippen molar-refractivity contribution in [3.8, 4) is 5.75 Å². The molecule has 0 aliphatic heterocycles. The number of nitrogens with one attached hydrogen (secondary N) is 1. The number of carbonyl (C=O) groups is 1. The Kier molecular flexibility index (Phi) is 5.40. The van der Waals surface area contributed by atoms with Crippen molar-refractivity contribution in [1.82, 2.24) is 5.32 Å². The van der Waals surface area contributed by atoms with Gasteiger partial charge < -0.3 is 15.2 Å². The average molecular weight is 343 g/mol. The molecule has 2 N–H and O–H groups in total. The van der Waals surface area contributed by atoms with Gasteiger partial charge in [0.25, 0.3) is 5.91 Å². The Morgan fingerprint density at radius 3 is 2.21 bits per heavy atom. The summed E-state index contributed by atoms with van der Waals surface area (Å²) in [6.07, 6.45) is -5.84. The van der Waals surface area contributed by atoms with Crippen molar-refractivity contribution >= 4 is 5.91 Å². The molecule has 128 valence electrons. The predicted molar refractivity (Wildman–Crippen MR) is 76.8 cm³/mol. The summed E-state index contributed by atoms with van der Waals surface area (Å²) < 4.78 is 52.6. The maximum Gasteiger partial charge on any atom is 0.573 e. The lowest BCUT2D eigenvalue weighted by atomic mass is 10.1. The fourth-order valence-electron chi connectivity index (χ4n) is 1.90. The van der Waals surface area contributed by atoms with Gasteiger partial charge in [-0.1, -0.05) is 12.1 Å². The smallest absolute Gasteiger partial charge is 0.406 e. The van der Waals surface area contributed by atoms with Gasteiger partial charge in [-0.3, -0.25) is 4.79 Å². The summed E-state index contributed by atoms with van der Waals surface area (Å²) in [7, 11) is 0. The van der Waals surface area contributed by atoms with Crippen molar-refractivity contribution in [3.63, 3.8) is 0 Å². The lowest BCUT2D eigenvalue weighted by Crippen LogP contribution is -2.28. The molecule has 0 radical (unpaired) electrons. The minimum atomic E-state index is -4.80. The van der Waals surface area contributed by atoms with E-state index in [0.29, 0.717) is 5.56 Å². The molecule has 0 fully saturated rings. The van der Waals surface area contributed by atoms with Gasteiger partial charge in [0, 0.05) is 12.1 Å². The van der Waals surface area contributed by atoms with E-state index in [9.17, 15) is 27.5 Å². The highest BCUT2D eigenvalue weighted by Crippen LogP contribution is 2.22. The maximum absolute atomic E-state index is 12.8. The van der Waals surface area contributed by atoms with Crippen LogP contribution >= 0.6 is 0 Å². The second kappa shape index (κ2) is 7.31. The Morgan fingerprint density at radius 1 is 1.08 bits per heavy atom. The van der Waals surface area contributed by atoms with Gasteiger partial charge in [-0.15, -0.1) is 13.2 Å². The molecule has 4 nitrogen and oxygen atoms in total. The number of halogens is 4. The van der Waals surface area contributed by atoms with Gasteiger partial charge in [-0.05, 0) is 42.0 Å². The van der Waals surface area contributed by atoms with Crippen molar-refractivity contribution in [2.24, 2.45) is 0 Å². The molecule has 0 saturated heterocycles. The van der Waals surface area contributed by atoms with Gasteiger partial charge >= 0.3 is 6.36 Å². The quantitative estimate of drug-likeness (QED) is 0.820. The number of hydrogen-bond donors (Lipinski definition) is 2. The minimum Gasteiger partial charge on any atom is -0.406 e. The fourth-order valence-corrected chi connectivity index (χ4v) is 1.90. The van der Waals surface area contributed by atoms with Crippen LogP contribution in [0.4, 0.5) is 17.6 Å². The van der Waals surface area contributed by atoms with Crippen molar-refractivity contribution < 1.29 is 32.2 Å². The van der Waals surface area contributed by atoms with Crippen LogP contribution in [-0.2, 0) is 0 Å². The van der Waals surface area contributed by atoms with Gasteiger partial charge in [-0.2, -0.15) is 0 Å². The SMILES string of the molecule is O=C(NCC(O)c1ccc(F)cc1)c1ccc(OC(F)(F)F)cc1. The maximum atomic E-state index is 12.8. The molecular weight excluding hydrogens is 330 g/mol. The van der Waals surface area contributed by atoms with Crippen LogP contribution in [0.3, 0.4) is 0 Å². The van der Waals surface area contributed by atoms with E-state index in [-0.39, 0.29) is 12.1 Å². The molecule has 2 aromatic rings. The van der Waals surface area contributed by atoms with Gasteiger partial charge in [0.1, 0.15) is 11.6 Å². The number of aliphatic hydroxyl groups excluding tert-OH is 1. The number of carbonyl (C=O) groups excluding carboxylic acids is 1. The van der Waals surface area contributed by atoms with E-state index in [1.54, 1.807) is 0 Å². The van der Waals surface area contributed by atoms with E-state index in [1.165, 1.54) is 36.4 Å². The van der Waals surface area contributed by atoms with Crippen molar-refractivity contribution in [3.05, 3.63) is 65.5 Å². The van der Waals surface area contributed by atoms with Gasteiger partial charge in [-0.25, -0.2) is 4.39 Å². The summed E-state index contributed by atoms with van der Waals surface area (Å²) in [5.74, 6) is -1.46. The third kappa shape index (κ3) is 5.24. The lowest BCUT2D eigenvalue weighted by molar-refractivity contribution is -0.274. The molecule has 1 unspecified atom stereocenters. The summed E-state index contributed by atoms with van der Waals surface area (Å²) in [5, 5.41) is 12.3. The Hall–Kier alpha value is -2.61. The van der Waals surface area contributed by atoms with Crippen LogP contribution in [0.5, 0.6) is 5.75 Å². The first-order valence-electron chi connectivity index (χ1n) is 6.82. The molecule has 0 aliphatic carbocycles. The van der Waals surface area contributed by atoms with E-state index < -0.39 is 29.9 Å². The molecule has 0 heterocycles. The van der Waals surface area contributed by atoms with Crippen LogP contribution in [-0.4, -0.2) is 23.9 Å². The molecule has 0 aliphatic rings. The zero-order chi connectivity index (χ0) is 17.7. The summed E-state index contributed by atoms with van der Waals surface area (Å²) >= 11 is 0. The van der Waals surface area contributed by atoms with E-state index in [0.717, 1.165) is 12.1 Å². The van der Waals surface area contributed by atoms with E-state index in [1.807, 2.05) is 0 Å². The van der Waals surface area contributed by atoms with E-state index in [4.69, 9.17) is 0 Å². The third-order valence-corrected chi connectivity index (χ3v) is 3.06. The highest BCUT2D eigenvalue weighted by molar-refractivity contribution is 5.94. The van der Waals surface area contributed by atoms with Gasteiger partial charge in [0.05, 0.1) is 6.10 Å². The number of alkyl halides is 3. The first-order chi connectivity index (χ1) is 11.2. The zero-order valence-corrected chi connectivity index (χ0v) is 12.2. The molecule has 0 bridgehead atoms. The van der Waals surface area contributed by atoms with Crippen LogP contribution in [0, 0.1) is 5.82 Å². The molecule has 1 atom stereocenters. The second-order valence-electron chi connectivity index (χ2n) is 4.85. The number of aliphatic hydroxyl groups is 1. The fraction of sp³-hybridized carbons (Fsp3) is 0.188. The normalized spacial score (nSPS) is 12.5. The number of ether oxygens (including phenoxy) is 1. The molecular formula is C16H13F4NO3. The Morgan fingerprint density at radius 2 is 1.67 bits per heavy atom. The Balaban J connectivity index is 1.91. The largest absolute Gasteiger partial charge is 0.573 e. The Labute approximate surface area is 134 Å². The monoisotopic (exact) mass is 343 g/mol. The van der Waals surface area contributed by atoms with E-state index >= 15 is 0 Å².